The van der Waals surface area contributed by atoms with Gasteiger partial charge in [-0.25, -0.2) is 8.42 Å². The monoisotopic (exact) mass is 441 g/mol. The van der Waals surface area contributed by atoms with Crippen LogP contribution in [0.15, 0.2) is 59.6 Å². The van der Waals surface area contributed by atoms with Crippen molar-refractivity contribution in [2.75, 3.05) is 26.7 Å². The molecular formula is C23H27N3O4S. The number of hydrogen-bond acceptors (Lipinski definition) is 4. The molecule has 0 saturated carbocycles. The number of carbonyl (C=O) groups is 1. The summed E-state index contributed by atoms with van der Waals surface area (Å²) in [5, 5.41) is 4.07. The minimum Gasteiger partial charge on any atom is -0.497 e. The van der Waals surface area contributed by atoms with Crippen LogP contribution in [0.2, 0.25) is 0 Å². The van der Waals surface area contributed by atoms with Crippen molar-refractivity contribution in [2.45, 2.75) is 24.2 Å². The number of benzene rings is 2. The third-order valence-corrected chi connectivity index (χ3v) is 7.68. The Morgan fingerprint density at radius 1 is 1.23 bits per heavy atom. The van der Waals surface area contributed by atoms with Gasteiger partial charge >= 0.3 is 0 Å². The summed E-state index contributed by atoms with van der Waals surface area (Å²) in [7, 11) is -1.94. The average Bonchev–Trinajstić information content (AvgIpc) is 3.21. The van der Waals surface area contributed by atoms with Gasteiger partial charge in [-0.15, -0.1) is 0 Å². The van der Waals surface area contributed by atoms with Gasteiger partial charge in [0.1, 0.15) is 5.75 Å². The molecule has 1 aliphatic heterocycles. The second-order valence-electron chi connectivity index (χ2n) is 7.78. The molecule has 0 spiro atoms. The van der Waals surface area contributed by atoms with Gasteiger partial charge in [0.15, 0.2) is 0 Å². The number of aromatic amines is 1. The zero-order valence-electron chi connectivity index (χ0n) is 17.5. The van der Waals surface area contributed by atoms with E-state index >= 15 is 0 Å². The van der Waals surface area contributed by atoms with Crippen molar-refractivity contribution in [2.24, 2.45) is 5.92 Å². The van der Waals surface area contributed by atoms with Crippen molar-refractivity contribution in [1.82, 2.24) is 14.6 Å². The SMILES string of the molecule is COc1ccc2[nH]cc(CCNC(=O)[C@H]3CCCN(S(=O)(=O)c4ccccc4)C3)c2c1. The largest absolute Gasteiger partial charge is 0.497 e. The molecule has 1 saturated heterocycles. The van der Waals surface area contributed by atoms with Crippen LogP contribution in [0.3, 0.4) is 0 Å². The molecule has 0 unspecified atom stereocenters. The van der Waals surface area contributed by atoms with Crippen LogP contribution in [0.4, 0.5) is 0 Å². The number of aromatic nitrogens is 1. The predicted molar refractivity (Wildman–Crippen MR) is 119 cm³/mol. The topological polar surface area (TPSA) is 91.5 Å². The lowest BCUT2D eigenvalue weighted by atomic mass is 9.98. The van der Waals surface area contributed by atoms with E-state index in [0.29, 0.717) is 32.4 Å². The predicted octanol–water partition coefficient (Wildman–Crippen LogP) is 2.94. The summed E-state index contributed by atoms with van der Waals surface area (Å²) >= 11 is 0. The van der Waals surface area contributed by atoms with Crippen LogP contribution in [0.25, 0.3) is 10.9 Å². The molecule has 2 aromatic carbocycles. The van der Waals surface area contributed by atoms with E-state index in [4.69, 9.17) is 4.74 Å². The number of nitrogens with one attached hydrogen (secondary N) is 2. The Labute approximate surface area is 182 Å². The molecule has 31 heavy (non-hydrogen) atoms. The summed E-state index contributed by atoms with van der Waals surface area (Å²) in [6, 6.07) is 14.3. The van der Waals surface area contributed by atoms with E-state index in [1.54, 1.807) is 37.4 Å². The van der Waals surface area contributed by atoms with E-state index in [2.05, 4.69) is 10.3 Å². The highest BCUT2D eigenvalue weighted by Crippen LogP contribution is 2.25. The maximum atomic E-state index is 12.9. The third kappa shape index (κ3) is 4.60. The minimum atomic E-state index is -3.58. The summed E-state index contributed by atoms with van der Waals surface area (Å²) in [6.45, 7) is 1.15. The normalized spacial score (nSPS) is 17.5. The van der Waals surface area contributed by atoms with Crippen LogP contribution < -0.4 is 10.1 Å². The summed E-state index contributed by atoms with van der Waals surface area (Å²) in [6.07, 6.45) is 3.99. The Morgan fingerprint density at radius 2 is 2.03 bits per heavy atom. The first-order chi connectivity index (χ1) is 15.0. The number of carbonyl (C=O) groups excluding carboxylic acids is 1. The number of fused-ring (bicyclic) bond motifs is 1. The number of nitrogens with zero attached hydrogens (tertiary/aromatic N) is 1. The molecule has 0 aliphatic carbocycles. The highest BCUT2D eigenvalue weighted by atomic mass is 32.2. The Kier molecular flexibility index (Phi) is 6.29. The molecule has 1 aromatic heterocycles. The first kappa shape index (κ1) is 21.4. The number of ether oxygens (including phenoxy) is 1. The molecule has 4 rings (SSSR count). The van der Waals surface area contributed by atoms with Crippen LogP contribution in [0.1, 0.15) is 18.4 Å². The van der Waals surface area contributed by atoms with E-state index in [0.717, 1.165) is 22.2 Å². The summed E-state index contributed by atoms with van der Waals surface area (Å²) in [5.41, 5.74) is 2.13. The second kappa shape index (κ2) is 9.11. The summed E-state index contributed by atoms with van der Waals surface area (Å²) in [5.74, 6) is 0.361. The van der Waals surface area contributed by atoms with Gasteiger partial charge in [0.05, 0.1) is 17.9 Å². The van der Waals surface area contributed by atoms with Gasteiger partial charge in [-0.1, -0.05) is 18.2 Å². The van der Waals surface area contributed by atoms with Gasteiger partial charge in [-0.05, 0) is 55.2 Å². The molecule has 0 bridgehead atoms. The minimum absolute atomic E-state index is 0.0922. The molecule has 1 amide bonds. The molecule has 1 atom stereocenters. The lowest BCUT2D eigenvalue weighted by Gasteiger charge is -2.31. The Bertz CT molecular complexity index is 1160. The van der Waals surface area contributed by atoms with Crippen LogP contribution in [-0.4, -0.2) is 50.4 Å². The highest BCUT2D eigenvalue weighted by molar-refractivity contribution is 7.89. The van der Waals surface area contributed by atoms with Gasteiger partial charge in [0, 0.05) is 36.7 Å². The quantitative estimate of drug-likeness (QED) is 0.590. The molecule has 0 radical (unpaired) electrons. The standard InChI is InChI=1S/C23H27N3O4S/c1-30-19-9-10-22-21(14-19)17(15-25-22)11-12-24-23(27)18-6-5-13-26(16-18)31(28,29)20-7-3-2-4-8-20/h2-4,7-10,14-15,18,25H,5-6,11-13,16H2,1H3,(H,24,27)/t18-/m0/s1. The van der Waals surface area contributed by atoms with E-state index in [1.807, 2.05) is 24.4 Å². The number of piperidine rings is 1. The zero-order chi connectivity index (χ0) is 21.8. The number of hydrogen-bond donors (Lipinski definition) is 2. The lowest BCUT2D eigenvalue weighted by Crippen LogP contribution is -2.45. The van der Waals surface area contributed by atoms with Crippen LogP contribution in [0.5, 0.6) is 5.75 Å². The van der Waals surface area contributed by atoms with Crippen LogP contribution in [-0.2, 0) is 21.2 Å². The van der Waals surface area contributed by atoms with Gasteiger partial charge in [-0.2, -0.15) is 4.31 Å². The zero-order valence-corrected chi connectivity index (χ0v) is 18.3. The first-order valence-electron chi connectivity index (χ1n) is 10.5. The smallest absolute Gasteiger partial charge is 0.243 e. The van der Waals surface area contributed by atoms with Crippen LogP contribution >= 0.6 is 0 Å². The highest BCUT2D eigenvalue weighted by Gasteiger charge is 2.33. The van der Waals surface area contributed by atoms with Gasteiger partial charge in [-0.3, -0.25) is 4.79 Å². The fraction of sp³-hybridized carbons (Fsp3) is 0.348. The average molecular weight is 442 g/mol. The van der Waals surface area contributed by atoms with E-state index in [1.165, 1.54) is 4.31 Å². The molecule has 164 valence electrons. The molecule has 1 fully saturated rings. The number of sulfonamides is 1. The van der Waals surface area contributed by atoms with Gasteiger partial charge in [0.2, 0.25) is 15.9 Å². The van der Waals surface area contributed by atoms with Crippen molar-refractivity contribution in [3.63, 3.8) is 0 Å². The van der Waals surface area contributed by atoms with Crippen molar-refractivity contribution in [3.8, 4) is 5.75 Å². The molecule has 2 heterocycles. The Morgan fingerprint density at radius 3 is 2.81 bits per heavy atom. The van der Waals surface area contributed by atoms with Gasteiger partial charge in [0.25, 0.3) is 0 Å². The van der Waals surface area contributed by atoms with E-state index in [9.17, 15) is 13.2 Å². The number of amides is 1. The fourth-order valence-electron chi connectivity index (χ4n) is 4.07. The van der Waals surface area contributed by atoms with Crippen molar-refractivity contribution in [3.05, 3.63) is 60.3 Å². The van der Waals surface area contributed by atoms with Gasteiger partial charge < -0.3 is 15.0 Å². The van der Waals surface area contributed by atoms with Crippen molar-refractivity contribution < 1.29 is 17.9 Å². The molecular weight excluding hydrogens is 414 g/mol. The lowest BCUT2D eigenvalue weighted by molar-refractivity contribution is -0.126. The fourth-order valence-corrected chi connectivity index (χ4v) is 5.62. The number of rotatable bonds is 7. The van der Waals surface area contributed by atoms with Crippen LogP contribution in [0, 0.1) is 5.92 Å². The summed E-state index contributed by atoms with van der Waals surface area (Å²) in [4.78, 5) is 16.2. The maximum Gasteiger partial charge on any atom is 0.243 e. The second-order valence-corrected chi connectivity index (χ2v) is 9.72. The number of H-pyrrole nitrogens is 1. The maximum absolute atomic E-state index is 12.9. The van der Waals surface area contributed by atoms with E-state index in [-0.39, 0.29) is 23.3 Å². The molecule has 7 nitrogen and oxygen atoms in total. The molecule has 2 N–H and O–H groups in total. The number of methoxy groups -OCH3 is 1. The van der Waals surface area contributed by atoms with Crippen molar-refractivity contribution in [1.29, 1.82) is 0 Å². The molecule has 1 aliphatic rings. The molecule has 8 heteroatoms. The first-order valence-corrected chi connectivity index (χ1v) is 11.9. The third-order valence-electron chi connectivity index (χ3n) is 5.80. The Balaban J connectivity index is 1.36. The van der Waals surface area contributed by atoms with Crippen molar-refractivity contribution >= 4 is 26.8 Å². The Hall–Kier alpha value is -2.84. The van der Waals surface area contributed by atoms with E-state index < -0.39 is 10.0 Å². The summed E-state index contributed by atoms with van der Waals surface area (Å²) < 4.78 is 32.5. The molecule has 3 aromatic rings.